The number of hydrogen-bond acceptors (Lipinski definition) is 5. The molecule has 0 spiro atoms. The van der Waals surface area contributed by atoms with Crippen molar-refractivity contribution >= 4 is 21.6 Å². The van der Waals surface area contributed by atoms with E-state index in [4.69, 9.17) is 9.47 Å². The number of nitrogens with zero attached hydrogens (tertiary/aromatic N) is 1. The molecule has 1 aromatic rings. The van der Waals surface area contributed by atoms with Gasteiger partial charge in [0, 0.05) is 13.1 Å². The number of nitrogens with one attached hydrogen (secondary N) is 1. The predicted molar refractivity (Wildman–Crippen MR) is 79.4 cm³/mol. The van der Waals surface area contributed by atoms with Crippen LogP contribution in [0, 0.1) is 0 Å². The number of fused-ring (bicyclic) bond motifs is 1. The molecule has 120 valence electrons. The van der Waals surface area contributed by atoms with Crippen molar-refractivity contribution in [2.75, 3.05) is 31.6 Å². The average molecular weight is 326 g/mol. The first-order valence-electron chi connectivity index (χ1n) is 7.03. The first kappa shape index (κ1) is 15.3. The first-order chi connectivity index (χ1) is 10.3. The monoisotopic (exact) mass is 326 g/mol. The Kier molecular flexibility index (Phi) is 3.62. The molecule has 0 atom stereocenters. The Morgan fingerprint density at radius 2 is 1.91 bits per heavy atom. The van der Waals surface area contributed by atoms with Gasteiger partial charge in [-0.25, -0.2) is 8.42 Å². The minimum absolute atomic E-state index is 0.136. The van der Waals surface area contributed by atoms with E-state index < -0.39 is 15.6 Å². The lowest BCUT2D eigenvalue weighted by Gasteiger charge is -2.32. The van der Waals surface area contributed by atoms with E-state index in [0.29, 0.717) is 37.7 Å². The SMILES string of the molecule is CC1(C)Oc2ccc(S(=O)(=O)N3CCOCC3)cc2NC1=O. The number of morpholine rings is 1. The summed E-state index contributed by atoms with van der Waals surface area (Å²) in [7, 11) is -3.60. The lowest BCUT2D eigenvalue weighted by molar-refractivity contribution is -0.129. The number of sulfonamides is 1. The molecule has 1 fully saturated rings. The van der Waals surface area contributed by atoms with Crippen molar-refractivity contribution in [3.05, 3.63) is 18.2 Å². The number of benzene rings is 1. The van der Waals surface area contributed by atoms with Crippen molar-refractivity contribution in [2.45, 2.75) is 24.3 Å². The molecule has 0 radical (unpaired) electrons. The lowest BCUT2D eigenvalue weighted by Crippen LogP contribution is -2.45. The molecule has 1 saturated heterocycles. The molecule has 8 heteroatoms. The van der Waals surface area contributed by atoms with Gasteiger partial charge in [-0.15, -0.1) is 0 Å². The van der Waals surface area contributed by atoms with Crippen LogP contribution in [0.2, 0.25) is 0 Å². The van der Waals surface area contributed by atoms with Crippen LogP contribution in [0.3, 0.4) is 0 Å². The van der Waals surface area contributed by atoms with Gasteiger partial charge in [-0.3, -0.25) is 4.79 Å². The second-order valence-corrected chi connectivity index (χ2v) is 7.68. The topological polar surface area (TPSA) is 84.9 Å². The molecule has 2 aliphatic heterocycles. The maximum absolute atomic E-state index is 12.6. The molecule has 1 aromatic carbocycles. The van der Waals surface area contributed by atoms with Gasteiger partial charge in [0.15, 0.2) is 5.60 Å². The Balaban J connectivity index is 1.94. The van der Waals surface area contributed by atoms with Crippen LogP contribution < -0.4 is 10.1 Å². The van der Waals surface area contributed by atoms with Gasteiger partial charge in [0.25, 0.3) is 5.91 Å². The minimum Gasteiger partial charge on any atom is -0.476 e. The number of rotatable bonds is 2. The molecule has 2 heterocycles. The van der Waals surface area contributed by atoms with Crippen LogP contribution in [0.4, 0.5) is 5.69 Å². The van der Waals surface area contributed by atoms with Crippen molar-refractivity contribution in [3.63, 3.8) is 0 Å². The summed E-state index contributed by atoms with van der Waals surface area (Å²) in [6.45, 7) is 4.74. The maximum atomic E-state index is 12.6. The van der Waals surface area contributed by atoms with Crippen LogP contribution in [0.15, 0.2) is 23.1 Å². The van der Waals surface area contributed by atoms with E-state index in [1.165, 1.54) is 16.4 Å². The quantitative estimate of drug-likeness (QED) is 0.869. The van der Waals surface area contributed by atoms with Gasteiger partial charge in [-0.1, -0.05) is 0 Å². The smallest absolute Gasteiger partial charge is 0.268 e. The van der Waals surface area contributed by atoms with Crippen LogP contribution in [0.5, 0.6) is 5.75 Å². The van der Waals surface area contributed by atoms with Crippen molar-refractivity contribution < 1.29 is 22.7 Å². The van der Waals surface area contributed by atoms with Crippen LogP contribution in [0.25, 0.3) is 0 Å². The largest absolute Gasteiger partial charge is 0.476 e. The highest BCUT2D eigenvalue weighted by molar-refractivity contribution is 7.89. The van der Waals surface area contributed by atoms with Crippen molar-refractivity contribution in [1.82, 2.24) is 4.31 Å². The summed E-state index contributed by atoms with van der Waals surface area (Å²) in [6, 6.07) is 4.51. The number of carbonyl (C=O) groups excluding carboxylic acids is 1. The van der Waals surface area contributed by atoms with Crippen molar-refractivity contribution in [3.8, 4) is 5.75 Å². The Labute approximate surface area is 129 Å². The highest BCUT2D eigenvalue weighted by Gasteiger charge is 2.36. The van der Waals surface area contributed by atoms with E-state index in [1.54, 1.807) is 19.9 Å². The standard InChI is InChI=1S/C14H18N2O5S/c1-14(2)13(17)15-11-9-10(3-4-12(11)21-14)22(18,19)16-5-7-20-8-6-16/h3-4,9H,5-8H2,1-2H3,(H,15,17). The first-order valence-corrected chi connectivity index (χ1v) is 8.47. The molecular weight excluding hydrogens is 308 g/mol. The summed E-state index contributed by atoms with van der Waals surface area (Å²) in [5, 5.41) is 2.69. The summed E-state index contributed by atoms with van der Waals surface area (Å²) < 4.78 is 37.4. The third kappa shape index (κ3) is 2.57. The number of amides is 1. The highest BCUT2D eigenvalue weighted by atomic mass is 32.2. The molecule has 7 nitrogen and oxygen atoms in total. The van der Waals surface area contributed by atoms with Gasteiger partial charge in [0.05, 0.1) is 23.8 Å². The predicted octanol–water partition coefficient (Wildman–Crippen LogP) is 0.817. The second-order valence-electron chi connectivity index (χ2n) is 5.74. The van der Waals surface area contributed by atoms with Gasteiger partial charge >= 0.3 is 0 Å². The zero-order valence-electron chi connectivity index (χ0n) is 12.5. The Morgan fingerprint density at radius 1 is 1.23 bits per heavy atom. The normalized spacial score (nSPS) is 21.6. The molecule has 1 amide bonds. The third-order valence-electron chi connectivity index (χ3n) is 3.72. The van der Waals surface area contributed by atoms with Gasteiger partial charge in [-0.05, 0) is 32.0 Å². The van der Waals surface area contributed by atoms with Crippen LogP contribution in [-0.4, -0.2) is 50.5 Å². The average Bonchev–Trinajstić information content (AvgIpc) is 2.48. The van der Waals surface area contributed by atoms with Crippen LogP contribution in [-0.2, 0) is 19.6 Å². The van der Waals surface area contributed by atoms with E-state index in [2.05, 4.69) is 5.32 Å². The molecule has 0 saturated carbocycles. The molecule has 0 bridgehead atoms. The zero-order valence-corrected chi connectivity index (χ0v) is 13.3. The minimum atomic E-state index is -3.60. The van der Waals surface area contributed by atoms with Gasteiger partial charge in [0.2, 0.25) is 10.0 Å². The Hall–Kier alpha value is -1.64. The molecule has 22 heavy (non-hydrogen) atoms. The molecule has 1 N–H and O–H groups in total. The van der Waals surface area contributed by atoms with Gasteiger partial charge in [0.1, 0.15) is 5.75 Å². The van der Waals surface area contributed by atoms with E-state index in [1.807, 2.05) is 0 Å². The fourth-order valence-corrected chi connectivity index (χ4v) is 3.82. The van der Waals surface area contributed by atoms with Crippen LogP contribution in [0.1, 0.15) is 13.8 Å². The lowest BCUT2D eigenvalue weighted by atomic mass is 10.1. The Bertz CT molecular complexity index is 708. The van der Waals surface area contributed by atoms with Gasteiger partial charge < -0.3 is 14.8 Å². The van der Waals surface area contributed by atoms with Crippen molar-refractivity contribution in [2.24, 2.45) is 0 Å². The van der Waals surface area contributed by atoms with Crippen LogP contribution >= 0.6 is 0 Å². The second kappa shape index (κ2) is 5.22. The summed E-state index contributed by atoms with van der Waals surface area (Å²) in [5.74, 6) is 0.159. The third-order valence-corrected chi connectivity index (χ3v) is 5.61. The van der Waals surface area contributed by atoms with Crippen molar-refractivity contribution in [1.29, 1.82) is 0 Å². The summed E-state index contributed by atoms with van der Waals surface area (Å²) in [6.07, 6.45) is 0. The molecule has 0 unspecified atom stereocenters. The Morgan fingerprint density at radius 3 is 2.59 bits per heavy atom. The van der Waals surface area contributed by atoms with E-state index >= 15 is 0 Å². The fourth-order valence-electron chi connectivity index (χ4n) is 2.39. The molecule has 2 aliphatic rings. The van der Waals surface area contributed by atoms with E-state index in [0.717, 1.165) is 0 Å². The number of ether oxygens (including phenoxy) is 2. The molecule has 3 rings (SSSR count). The van der Waals surface area contributed by atoms with E-state index in [9.17, 15) is 13.2 Å². The van der Waals surface area contributed by atoms with Gasteiger partial charge in [-0.2, -0.15) is 4.31 Å². The molecular formula is C14H18N2O5S. The number of anilines is 1. The summed E-state index contributed by atoms with van der Waals surface area (Å²) >= 11 is 0. The number of hydrogen-bond donors (Lipinski definition) is 1. The number of carbonyl (C=O) groups is 1. The van der Waals surface area contributed by atoms with E-state index in [-0.39, 0.29) is 10.8 Å². The summed E-state index contributed by atoms with van der Waals surface area (Å²) in [5.41, 5.74) is -0.601. The molecule has 0 aliphatic carbocycles. The molecule has 0 aromatic heterocycles. The highest BCUT2D eigenvalue weighted by Crippen LogP contribution is 2.35. The maximum Gasteiger partial charge on any atom is 0.268 e. The fraction of sp³-hybridized carbons (Fsp3) is 0.500. The summed E-state index contributed by atoms with van der Waals surface area (Å²) in [4.78, 5) is 12.1. The zero-order chi connectivity index (χ0) is 16.0.